The van der Waals surface area contributed by atoms with Crippen molar-refractivity contribution in [2.45, 2.75) is 13.8 Å². The second-order valence-corrected chi connectivity index (χ2v) is 3.87. The van der Waals surface area contributed by atoms with Crippen LogP contribution in [0.2, 0.25) is 0 Å². The van der Waals surface area contributed by atoms with Crippen molar-refractivity contribution in [3.8, 4) is 5.75 Å². The quantitative estimate of drug-likeness (QED) is 0.335. The van der Waals surface area contributed by atoms with Crippen LogP contribution < -0.4 is 4.74 Å². The molecule has 0 aliphatic carbocycles. The van der Waals surface area contributed by atoms with Gasteiger partial charge in [0.15, 0.2) is 0 Å². The first-order chi connectivity index (χ1) is 8.69. The van der Waals surface area contributed by atoms with Crippen molar-refractivity contribution >= 4 is 5.71 Å². The molecule has 1 aromatic carbocycles. The molecule has 0 aromatic heterocycles. The van der Waals surface area contributed by atoms with Crippen LogP contribution >= 0.6 is 0 Å². The van der Waals surface area contributed by atoms with Crippen molar-refractivity contribution in [1.82, 2.24) is 0 Å². The molecule has 1 aromatic rings. The van der Waals surface area contributed by atoms with Crippen LogP contribution in [0.15, 0.2) is 23.4 Å². The average molecular weight is 253 g/mol. The molecule has 0 amide bonds. The zero-order valence-electron chi connectivity index (χ0n) is 10.7. The minimum absolute atomic E-state index is 0.00593. The molecular weight excluding hydrogens is 234 g/mol. The second kappa shape index (κ2) is 7.68. The topological polar surface area (TPSA) is 71.3 Å². The maximum absolute atomic E-state index is 8.80. The third-order valence-corrected chi connectivity index (χ3v) is 2.40. The Labute approximate surface area is 107 Å². The molecule has 0 aliphatic rings. The molecule has 0 aliphatic heterocycles. The van der Waals surface area contributed by atoms with Gasteiger partial charge in [0.1, 0.15) is 12.4 Å². The standard InChI is InChI=1S/C13H19NO4/c1-10-3-4-12(11(2)14-16)13(9-10)18-8-7-17-6-5-15/h3-4,9,15-16H,5-8H2,1-2H3. The van der Waals surface area contributed by atoms with E-state index in [2.05, 4.69) is 5.16 Å². The Balaban J connectivity index is 2.65. The Kier molecular flexibility index (Phi) is 6.18. The van der Waals surface area contributed by atoms with E-state index in [1.54, 1.807) is 6.92 Å². The van der Waals surface area contributed by atoms with Crippen molar-refractivity contribution in [2.24, 2.45) is 5.16 Å². The van der Waals surface area contributed by atoms with Crippen LogP contribution in [-0.4, -0.2) is 42.5 Å². The Bertz CT molecular complexity index is 404. The number of aryl methyl sites for hydroxylation is 1. The van der Waals surface area contributed by atoms with Gasteiger partial charge in [-0.25, -0.2) is 0 Å². The number of benzene rings is 1. The van der Waals surface area contributed by atoms with Crippen molar-refractivity contribution in [3.63, 3.8) is 0 Å². The van der Waals surface area contributed by atoms with E-state index >= 15 is 0 Å². The van der Waals surface area contributed by atoms with Gasteiger partial charge in [-0.3, -0.25) is 0 Å². The molecule has 5 nitrogen and oxygen atoms in total. The predicted octanol–water partition coefficient (Wildman–Crippen LogP) is 1.58. The Morgan fingerprint density at radius 1 is 1.28 bits per heavy atom. The van der Waals surface area contributed by atoms with E-state index in [0.717, 1.165) is 11.1 Å². The third kappa shape index (κ3) is 4.35. The summed E-state index contributed by atoms with van der Waals surface area (Å²) in [5.41, 5.74) is 2.32. The second-order valence-electron chi connectivity index (χ2n) is 3.87. The first kappa shape index (κ1) is 14.5. The van der Waals surface area contributed by atoms with Crippen LogP contribution in [0, 0.1) is 6.92 Å². The molecule has 0 spiro atoms. The highest BCUT2D eigenvalue weighted by Gasteiger charge is 2.07. The summed E-state index contributed by atoms with van der Waals surface area (Å²) in [6.07, 6.45) is 0. The lowest BCUT2D eigenvalue weighted by Gasteiger charge is -2.11. The molecule has 100 valence electrons. The summed E-state index contributed by atoms with van der Waals surface area (Å²) in [7, 11) is 0. The van der Waals surface area contributed by atoms with Gasteiger partial charge in [0.25, 0.3) is 0 Å². The van der Waals surface area contributed by atoms with E-state index in [1.807, 2.05) is 25.1 Å². The number of nitrogens with zero attached hydrogens (tertiary/aromatic N) is 1. The Morgan fingerprint density at radius 3 is 2.72 bits per heavy atom. The van der Waals surface area contributed by atoms with E-state index in [1.165, 1.54) is 0 Å². The molecule has 0 heterocycles. The van der Waals surface area contributed by atoms with Crippen molar-refractivity contribution < 1.29 is 19.8 Å². The number of rotatable bonds is 7. The van der Waals surface area contributed by atoms with Crippen molar-refractivity contribution in [1.29, 1.82) is 0 Å². The number of ether oxygens (including phenoxy) is 2. The van der Waals surface area contributed by atoms with Crippen LogP contribution in [-0.2, 0) is 4.74 Å². The lowest BCUT2D eigenvalue weighted by molar-refractivity contribution is 0.0704. The van der Waals surface area contributed by atoms with E-state index in [9.17, 15) is 0 Å². The molecule has 0 saturated carbocycles. The number of oxime groups is 1. The SMILES string of the molecule is CC(=NO)c1ccc(C)cc1OCCOCCO. The van der Waals surface area contributed by atoms with Gasteiger partial charge < -0.3 is 19.8 Å². The van der Waals surface area contributed by atoms with Crippen molar-refractivity contribution in [3.05, 3.63) is 29.3 Å². The molecule has 5 heteroatoms. The molecule has 0 saturated heterocycles. The highest BCUT2D eigenvalue weighted by atomic mass is 16.5. The predicted molar refractivity (Wildman–Crippen MR) is 68.6 cm³/mol. The summed E-state index contributed by atoms with van der Waals surface area (Å²) in [6.45, 7) is 4.77. The van der Waals surface area contributed by atoms with Crippen LogP contribution in [0.1, 0.15) is 18.1 Å². The first-order valence-corrected chi connectivity index (χ1v) is 5.80. The fraction of sp³-hybridized carbons (Fsp3) is 0.462. The highest BCUT2D eigenvalue weighted by Crippen LogP contribution is 2.21. The average Bonchev–Trinajstić information content (AvgIpc) is 2.38. The van der Waals surface area contributed by atoms with Crippen LogP contribution in [0.5, 0.6) is 5.75 Å². The zero-order valence-corrected chi connectivity index (χ0v) is 10.7. The normalized spacial score (nSPS) is 11.6. The lowest BCUT2D eigenvalue weighted by Crippen LogP contribution is -2.11. The smallest absolute Gasteiger partial charge is 0.128 e. The summed E-state index contributed by atoms with van der Waals surface area (Å²) in [6, 6.07) is 5.67. The third-order valence-electron chi connectivity index (χ3n) is 2.40. The molecule has 0 atom stereocenters. The summed E-state index contributed by atoms with van der Waals surface area (Å²) in [4.78, 5) is 0. The summed E-state index contributed by atoms with van der Waals surface area (Å²) in [5, 5.41) is 20.5. The van der Waals surface area contributed by atoms with Crippen LogP contribution in [0.25, 0.3) is 0 Å². The molecule has 2 N–H and O–H groups in total. The van der Waals surface area contributed by atoms with Crippen molar-refractivity contribution in [2.75, 3.05) is 26.4 Å². The van der Waals surface area contributed by atoms with Gasteiger partial charge in [-0.15, -0.1) is 0 Å². The van der Waals surface area contributed by atoms with Crippen LogP contribution in [0.3, 0.4) is 0 Å². The molecule has 1 rings (SSSR count). The Hall–Kier alpha value is -1.59. The van der Waals surface area contributed by atoms with E-state index in [-0.39, 0.29) is 6.61 Å². The van der Waals surface area contributed by atoms with Gasteiger partial charge in [0.05, 0.1) is 25.5 Å². The van der Waals surface area contributed by atoms with Gasteiger partial charge >= 0.3 is 0 Å². The highest BCUT2D eigenvalue weighted by molar-refractivity contribution is 6.00. The number of hydrogen-bond acceptors (Lipinski definition) is 5. The van der Waals surface area contributed by atoms with Gasteiger partial charge in [0, 0.05) is 5.56 Å². The first-order valence-electron chi connectivity index (χ1n) is 5.80. The summed E-state index contributed by atoms with van der Waals surface area (Å²) in [5.74, 6) is 0.665. The maximum Gasteiger partial charge on any atom is 0.128 e. The fourth-order valence-electron chi connectivity index (χ4n) is 1.48. The largest absolute Gasteiger partial charge is 0.490 e. The minimum Gasteiger partial charge on any atom is -0.490 e. The monoisotopic (exact) mass is 253 g/mol. The molecular formula is C13H19NO4. The number of aliphatic hydroxyl groups is 1. The molecule has 0 radical (unpaired) electrons. The van der Waals surface area contributed by atoms with E-state index in [0.29, 0.717) is 31.3 Å². The van der Waals surface area contributed by atoms with Gasteiger partial charge in [-0.1, -0.05) is 11.2 Å². The summed E-state index contributed by atoms with van der Waals surface area (Å²) < 4.78 is 10.7. The molecule has 0 fully saturated rings. The molecule has 0 bridgehead atoms. The van der Waals surface area contributed by atoms with Crippen LogP contribution in [0.4, 0.5) is 0 Å². The summed E-state index contributed by atoms with van der Waals surface area (Å²) >= 11 is 0. The molecule has 0 unspecified atom stereocenters. The van der Waals surface area contributed by atoms with Gasteiger partial charge in [-0.2, -0.15) is 0 Å². The van der Waals surface area contributed by atoms with Gasteiger partial charge in [0.2, 0.25) is 0 Å². The minimum atomic E-state index is 0.00593. The fourth-order valence-corrected chi connectivity index (χ4v) is 1.48. The van der Waals surface area contributed by atoms with E-state index in [4.69, 9.17) is 19.8 Å². The lowest BCUT2D eigenvalue weighted by atomic mass is 10.1. The van der Waals surface area contributed by atoms with Gasteiger partial charge in [-0.05, 0) is 31.5 Å². The number of hydrogen-bond donors (Lipinski definition) is 2. The maximum atomic E-state index is 8.80. The number of aliphatic hydroxyl groups excluding tert-OH is 1. The zero-order chi connectivity index (χ0) is 13.4. The van der Waals surface area contributed by atoms with E-state index < -0.39 is 0 Å². The molecule has 18 heavy (non-hydrogen) atoms. The Morgan fingerprint density at radius 2 is 2.06 bits per heavy atom.